The van der Waals surface area contributed by atoms with Crippen LogP contribution in [0.4, 0.5) is 11.4 Å². The monoisotopic (exact) mass is 641 g/mol. The summed E-state index contributed by atoms with van der Waals surface area (Å²) < 4.78 is 79.9. The van der Waals surface area contributed by atoms with Crippen molar-refractivity contribution < 1.29 is 45.4 Å². The maximum absolute atomic E-state index is 14.2. The number of aliphatic carboxylic acids is 1. The lowest BCUT2D eigenvalue weighted by molar-refractivity contribution is -0.137. The van der Waals surface area contributed by atoms with Gasteiger partial charge in [0.2, 0.25) is 0 Å². The third kappa shape index (κ3) is 3.96. The fourth-order valence-corrected chi connectivity index (χ4v) is 8.81. The summed E-state index contributed by atoms with van der Waals surface area (Å²) >= 11 is 0. The summed E-state index contributed by atoms with van der Waals surface area (Å²) in [6.07, 6.45) is 1.60. The van der Waals surface area contributed by atoms with E-state index in [1.54, 1.807) is 36.4 Å². The number of carboxylic acids is 1. The number of hydrogen-bond acceptors (Lipinski definition) is 9. The molecule has 0 fully saturated rings. The first kappa shape index (κ1) is 28.6. The van der Waals surface area contributed by atoms with E-state index in [4.69, 9.17) is 4.74 Å². The molecular formula is C29H27N3O10S2. The zero-order chi connectivity index (χ0) is 31.2. The number of anilines is 2. The lowest BCUT2D eigenvalue weighted by Crippen LogP contribution is -2.48. The van der Waals surface area contributed by atoms with Gasteiger partial charge in [0.05, 0.1) is 17.8 Å². The third-order valence-corrected chi connectivity index (χ3v) is 10.5. The molecule has 0 aliphatic carbocycles. The molecule has 230 valence electrons. The minimum Gasteiger partial charge on any atom is -0.481 e. The van der Waals surface area contributed by atoms with Gasteiger partial charge in [0.1, 0.15) is 5.54 Å². The highest BCUT2D eigenvalue weighted by atomic mass is 32.2. The van der Waals surface area contributed by atoms with Crippen LogP contribution in [-0.2, 0) is 43.4 Å². The number of carbonyl (C=O) groups excluding carboxylic acids is 1. The van der Waals surface area contributed by atoms with Crippen molar-refractivity contribution in [3.05, 3.63) is 69.8 Å². The number of benzene rings is 3. The van der Waals surface area contributed by atoms with E-state index >= 15 is 0 Å². The molecule has 0 unspecified atom stereocenters. The topological polar surface area (TPSA) is 200 Å². The van der Waals surface area contributed by atoms with Crippen LogP contribution < -0.4 is 15.4 Å². The van der Waals surface area contributed by atoms with Crippen molar-refractivity contribution in [3.8, 4) is 11.5 Å². The minimum absolute atomic E-state index is 0.0790. The molecule has 3 aromatic carbocycles. The molecular weight excluding hydrogens is 614 g/mol. The van der Waals surface area contributed by atoms with E-state index in [1.807, 2.05) is 0 Å². The molecule has 3 aromatic rings. The summed E-state index contributed by atoms with van der Waals surface area (Å²) in [5, 5.41) is 15.7. The summed E-state index contributed by atoms with van der Waals surface area (Å²) in [6.45, 7) is 0.431. The van der Waals surface area contributed by atoms with Crippen molar-refractivity contribution in [3.63, 3.8) is 0 Å². The van der Waals surface area contributed by atoms with Crippen molar-refractivity contribution in [1.82, 2.24) is 4.90 Å². The Morgan fingerprint density at radius 3 is 1.89 bits per heavy atom. The largest absolute Gasteiger partial charge is 0.481 e. The molecule has 0 saturated heterocycles. The van der Waals surface area contributed by atoms with Crippen LogP contribution in [0.3, 0.4) is 0 Å². The van der Waals surface area contributed by atoms with Gasteiger partial charge in [-0.3, -0.25) is 18.7 Å². The fourth-order valence-electron chi connectivity index (χ4n) is 7.12. The first-order valence-corrected chi connectivity index (χ1v) is 16.9. The SMILES string of the molecule is O=C(O)CCN1C(=O)c2ccccc2C12c1cc3c(c(S(=O)(=O)O)c1Oc1c2cc2c(c1S(=O)(=O)O)NCCC2)NCCC3. The predicted octanol–water partition coefficient (Wildman–Crippen LogP) is 3.22. The van der Waals surface area contributed by atoms with Crippen LogP contribution in [0.25, 0.3) is 0 Å². The molecule has 4 aliphatic rings. The number of nitrogens with one attached hydrogen (secondary N) is 2. The maximum Gasteiger partial charge on any atom is 0.305 e. The molecule has 5 N–H and O–H groups in total. The Balaban J connectivity index is 1.71. The molecule has 13 nitrogen and oxygen atoms in total. The average Bonchev–Trinajstić information content (AvgIpc) is 3.21. The van der Waals surface area contributed by atoms with Gasteiger partial charge in [-0.25, -0.2) is 0 Å². The van der Waals surface area contributed by atoms with Crippen LogP contribution in [-0.4, -0.2) is 67.5 Å². The number of fused-ring (bicyclic) bond motifs is 8. The number of carbonyl (C=O) groups is 2. The number of ether oxygens (including phenoxy) is 1. The van der Waals surface area contributed by atoms with Crippen LogP contribution in [0.15, 0.2) is 46.2 Å². The summed E-state index contributed by atoms with van der Waals surface area (Å²) in [6, 6.07) is 9.83. The first-order valence-electron chi connectivity index (χ1n) is 14.0. The Bertz CT molecular complexity index is 1920. The molecule has 44 heavy (non-hydrogen) atoms. The number of rotatable bonds is 5. The molecule has 15 heteroatoms. The van der Waals surface area contributed by atoms with Gasteiger partial charge in [0, 0.05) is 36.3 Å². The number of aryl methyl sites for hydroxylation is 2. The Morgan fingerprint density at radius 2 is 1.39 bits per heavy atom. The highest BCUT2D eigenvalue weighted by molar-refractivity contribution is 7.86. The van der Waals surface area contributed by atoms with E-state index in [2.05, 4.69) is 10.6 Å². The first-order chi connectivity index (χ1) is 20.8. The normalized spacial score (nSPS) is 17.8. The van der Waals surface area contributed by atoms with Gasteiger partial charge < -0.3 is 25.4 Å². The Kier molecular flexibility index (Phi) is 6.27. The Morgan fingerprint density at radius 1 is 0.864 bits per heavy atom. The second-order valence-corrected chi connectivity index (χ2v) is 13.9. The van der Waals surface area contributed by atoms with Crippen LogP contribution in [0, 0.1) is 0 Å². The van der Waals surface area contributed by atoms with Gasteiger partial charge in [-0.2, -0.15) is 16.8 Å². The standard InChI is InChI=1S/C29H27N3O10S2/c33-21(34)9-12-32-28(35)17-7-1-2-8-18(17)29(32)19-13-15-5-3-10-30-22(15)26(43(36,37)38)24(19)42-25-20(29)14-16-6-4-11-31-23(16)27(25)44(39,40)41/h1-2,7-8,13-14,30-31H,3-6,9-12H2,(H,33,34)(H,36,37,38)(H,39,40,41). The minimum atomic E-state index is -5.05. The number of amides is 1. The summed E-state index contributed by atoms with van der Waals surface area (Å²) in [7, 11) is -10.1. The van der Waals surface area contributed by atoms with E-state index in [0.29, 0.717) is 55.5 Å². The van der Waals surface area contributed by atoms with Gasteiger partial charge in [0.15, 0.2) is 21.3 Å². The molecule has 0 aromatic heterocycles. The van der Waals surface area contributed by atoms with Gasteiger partial charge in [-0.15, -0.1) is 0 Å². The molecule has 0 bridgehead atoms. The van der Waals surface area contributed by atoms with E-state index in [0.717, 1.165) is 0 Å². The highest BCUT2D eigenvalue weighted by Crippen LogP contribution is 2.62. The highest BCUT2D eigenvalue weighted by Gasteiger charge is 2.58. The fraction of sp³-hybridized carbons (Fsp3) is 0.310. The number of carboxylic acid groups (broad SMARTS) is 1. The quantitative estimate of drug-likeness (QED) is 0.255. The van der Waals surface area contributed by atoms with Crippen molar-refractivity contribution >= 4 is 43.5 Å². The molecule has 0 radical (unpaired) electrons. The molecule has 0 saturated carbocycles. The van der Waals surface area contributed by atoms with E-state index < -0.39 is 65.4 Å². The van der Waals surface area contributed by atoms with Crippen LogP contribution in [0.5, 0.6) is 11.5 Å². The van der Waals surface area contributed by atoms with E-state index in [-0.39, 0.29) is 34.6 Å². The molecule has 7 rings (SSSR count). The van der Waals surface area contributed by atoms with Crippen LogP contribution in [0.2, 0.25) is 0 Å². The molecule has 4 aliphatic heterocycles. The van der Waals surface area contributed by atoms with Crippen LogP contribution in [0.1, 0.15) is 57.4 Å². The third-order valence-electron chi connectivity index (χ3n) is 8.73. The molecule has 1 amide bonds. The zero-order valence-electron chi connectivity index (χ0n) is 23.1. The van der Waals surface area contributed by atoms with Crippen LogP contribution >= 0.6 is 0 Å². The number of nitrogens with zero attached hydrogens (tertiary/aromatic N) is 1. The summed E-state index contributed by atoms with van der Waals surface area (Å²) in [5.41, 5.74) is 0.177. The molecule has 1 spiro atoms. The van der Waals surface area contributed by atoms with Gasteiger partial charge >= 0.3 is 5.97 Å². The second kappa shape index (κ2) is 9.66. The summed E-state index contributed by atoms with van der Waals surface area (Å²) in [5.74, 6) is -2.62. The van der Waals surface area contributed by atoms with Crippen molar-refractivity contribution in [2.45, 2.75) is 47.4 Å². The zero-order valence-corrected chi connectivity index (χ0v) is 24.7. The Hall–Kier alpha value is -4.18. The molecule has 0 atom stereocenters. The van der Waals surface area contributed by atoms with Crippen molar-refractivity contribution in [1.29, 1.82) is 0 Å². The number of hydrogen-bond donors (Lipinski definition) is 5. The van der Waals surface area contributed by atoms with E-state index in [1.165, 1.54) is 4.90 Å². The van der Waals surface area contributed by atoms with Gasteiger partial charge in [-0.1, -0.05) is 18.2 Å². The summed E-state index contributed by atoms with van der Waals surface area (Å²) in [4.78, 5) is 26.0. The van der Waals surface area contributed by atoms with Gasteiger partial charge in [0.25, 0.3) is 26.1 Å². The average molecular weight is 642 g/mol. The van der Waals surface area contributed by atoms with Crippen molar-refractivity contribution in [2.24, 2.45) is 0 Å². The molecule has 4 heterocycles. The van der Waals surface area contributed by atoms with E-state index in [9.17, 15) is 40.6 Å². The maximum atomic E-state index is 14.2. The van der Waals surface area contributed by atoms with Crippen molar-refractivity contribution in [2.75, 3.05) is 30.3 Å². The van der Waals surface area contributed by atoms with Gasteiger partial charge in [-0.05, 0) is 60.6 Å². The second-order valence-electron chi connectivity index (χ2n) is 11.2. The smallest absolute Gasteiger partial charge is 0.305 e. The predicted molar refractivity (Wildman–Crippen MR) is 156 cm³/mol. The Labute approximate surface area is 252 Å². The lowest BCUT2D eigenvalue weighted by atomic mass is 9.73. The lowest BCUT2D eigenvalue weighted by Gasteiger charge is -2.46.